The Hall–Kier alpha value is -2.58. The molecule has 0 spiro atoms. The van der Waals surface area contributed by atoms with Crippen LogP contribution in [-0.4, -0.2) is 48.2 Å². The van der Waals surface area contributed by atoms with Gasteiger partial charge in [0.2, 0.25) is 5.89 Å². The van der Waals surface area contributed by atoms with Crippen LogP contribution in [0.25, 0.3) is 0 Å². The van der Waals surface area contributed by atoms with Crippen LogP contribution in [0.2, 0.25) is 0 Å². The minimum absolute atomic E-state index is 0.0723. The van der Waals surface area contributed by atoms with Gasteiger partial charge >= 0.3 is 12.1 Å². The van der Waals surface area contributed by atoms with Crippen LogP contribution in [0.4, 0.5) is 18.9 Å². The summed E-state index contributed by atoms with van der Waals surface area (Å²) in [4.78, 5) is 16.3. The molecule has 140 valence electrons. The zero-order valence-corrected chi connectivity index (χ0v) is 14.5. The fraction of sp³-hybridized carbons (Fsp3) is 0.471. The van der Waals surface area contributed by atoms with Crippen LogP contribution in [0.1, 0.15) is 40.9 Å². The van der Waals surface area contributed by atoms with Gasteiger partial charge in [-0.05, 0) is 31.0 Å². The Balaban J connectivity index is 1.75. The molecule has 26 heavy (non-hydrogen) atoms. The smallest absolute Gasteiger partial charge is 0.417 e. The SMILES string of the molecule is CN(C)c1cccc(C(=O)N2CCC[C@H](c3nnc(C(F)(F)F)o3)C2)c1. The first-order valence-electron chi connectivity index (χ1n) is 8.23. The number of hydrogen-bond donors (Lipinski definition) is 0. The van der Waals surface area contributed by atoms with Crippen molar-refractivity contribution in [1.29, 1.82) is 0 Å². The van der Waals surface area contributed by atoms with Crippen LogP contribution in [0.5, 0.6) is 0 Å². The lowest BCUT2D eigenvalue weighted by Crippen LogP contribution is -2.39. The van der Waals surface area contributed by atoms with Crippen molar-refractivity contribution in [3.8, 4) is 0 Å². The molecule has 0 unspecified atom stereocenters. The normalized spacial score (nSPS) is 18.0. The zero-order valence-electron chi connectivity index (χ0n) is 14.5. The van der Waals surface area contributed by atoms with E-state index in [1.54, 1.807) is 23.1 Å². The molecule has 1 aromatic heterocycles. The largest absolute Gasteiger partial charge is 0.470 e. The highest BCUT2D eigenvalue weighted by atomic mass is 19.4. The summed E-state index contributed by atoms with van der Waals surface area (Å²) in [5.41, 5.74) is 1.44. The Kier molecular flexibility index (Phi) is 4.88. The van der Waals surface area contributed by atoms with Crippen molar-refractivity contribution in [1.82, 2.24) is 15.1 Å². The Bertz CT molecular complexity index is 788. The highest BCUT2D eigenvalue weighted by Gasteiger charge is 2.39. The Morgan fingerprint density at radius 3 is 2.73 bits per heavy atom. The Labute approximate surface area is 148 Å². The van der Waals surface area contributed by atoms with E-state index in [9.17, 15) is 18.0 Å². The number of alkyl halides is 3. The van der Waals surface area contributed by atoms with Crippen molar-refractivity contribution < 1.29 is 22.4 Å². The van der Waals surface area contributed by atoms with Crippen LogP contribution in [0.15, 0.2) is 28.7 Å². The van der Waals surface area contributed by atoms with Crippen molar-refractivity contribution >= 4 is 11.6 Å². The van der Waals surface area contributed by atoms with E-state index in [4.69, 9.17) is 4.42 Å². The van der Waals surface area contributed by atoms with E-state index in [2.05, 4.69) is 10.2 Å². The number of amides is 1. The molecule has 1 saturated heterocycles. The standard InChI is InChI=1S/C17H19F3N4O2/c1-23(2)13-7-3-5-11(9-13)15(25)24-8-4-6-12(10-24)14-21-22-16(26-14)17(18,19)20/h3,5,7,9,12H,4,6,8,10H2,1-2H3/t12-/m0/s1. The summed E-state index contributed by atoms with van der Waals surface area (Å²) in [7, 11) is 3.77. The number of hydrogen-bond acceptors (Lipinski definition) is 5. The second kappa shape index (κ2) is 6.97. The van der Waals surface area contributed by atoms with E-state index in [0.717, 1.165) is 5.69 Å². The predicted octanol–water partition coefficient (Wildman–Crippen LogP) is 3.17. The number of benzene rings is 1. The lowest BCUT2D eigenvalue weighted by molar-refractivity contribution is -0.157. The fourth-order valence-corrected chi connectivity index (χ4v) is 2.98. The number of carbonyl (C=O) groups is 1. The van der Waals surface area contributed by atoms with E-state index in [1.807, 2.05) is 25.1 Å². The number of likely N-dealkylation sites (tertiary alicyclic amines) is 1. The quantitative estimate of drug-likeness (QED) is 0.833. The van der Waals surface area contributed by atoms with Gasteiger partial charge in [0.05, 0.1) is 5.92 Å². The monoisotopic (exact) mass is 368 g/mol. The third kappa shape index (κ3) is 3.81. The molecule has 1 fully saturated rings. The Morgan fingerprint density at radius 2 is 2.08 bits per heavy atom. The summed E-state index contributed by atoms with van der Waals surface area (Å²) in [6.45, 7) is 0.798. The van der Waals surface area contributed by atoms with Crippen LogP contribution >= 0.6 is 0 Å². The van der Waals surface area contributed by atoms with Gasteiger partial charge in [-0.3, -0.25) is 4.79 Å². The van der Waals surface area contributed by atoms with Crippen molar-refractivity contribution in [3.05, 3.63) is 41.6 Å². The van der Waals surface area contributed by atoms with Gasteiger partial charge in [-0.2, -0.15) is 13.2 Å². The molecule has 6 nitrogen and oxygen atoms in total. The molecule has 0 N–H and O–H groups in total. The average molecular weight is 368 g/mol. The first kappa shape index (κ1) is 18.2. The number of nitrogens with zero attached hydrogens (tertiary/aromatic N) is 4. The van der Waals surface area contributed by atoms with Gasteiger partial charge in [-0.15, -0.1) is 10.2 Å². The lowest BCUT2D eigenvalue weighted by atomic mass is 9.97. The summed E-state index contributed by atoms with van der Waals surface area (Å²) in [5.74, 6) is -1.98. The molecule has 2 heterocycles. The molecule has 0 radical (unpaired) electrons. The number of piperidine rings is 1. The summed E-state index contributed by atoms with van der Waals surface area (Å²) < 4.78 is 42.7. The molecule has 1 amide bonds. The first-order chi connectivity index (χ1) is 12.3. The predicted molar refractivity (Wildman–Crippen MR) is 87.9 cm³/mol. The van der Waals surface area contributed by atoms with E-state index >= 15 is 0 Å². The van der Waals surface area contributed by atoms with E-state index in [-0.39, 0.29) is 18.3 Å². The first-order valence-corrected chi connectivity index (χ1v) is 8.23. The van der Waals surface area contributed by atoms with Crippen molar-refractivity contribution in [2.24, 2.45) is 0 Å². The molecule has 1 aliphatic rings. The molecule has 3 rings (SSSR count). The van der Waals surface area contributed by atoms with Gasteiger partial charge in [0, 0.05) is 38.4 Å². The number of carbonyl (C=O) groups excluding carboxylic acids is 1. The fourth-order valence-electron chi connectivity index (χ4n) is 2.98. The minimum atomic E-state index is -4.66. The highest BCUT2D eigenvalue weighted by Crippen LogP contribution is 2.32. The molecule has 0 aliphatic carbocycles. The molecule has 0 bridgehead atoms. The highest BCUT2D eigenvalue weighted by molar-refractivity contribution is 5.95. The summed E-state index contributed by atoms with van der Waals surface area (Å²) in [5, 5.41) is 6.60. The van der Waals surface area contributed by atoms with Crippen molar-refractivity contribution in [3.63, 3.8) is 0 Å². The van der Waals surface area contributed by atoms with E-state index in [0.29, 0.717) is 24.9 Å². The van der Waals surface area contributed by atoms with Gasteiger partial charge in [0.1, 0.15) is 0 Å². The minimum Gasteiger partial charge on any atom is -0.417 e. The summed E-state index contributed by atoms with van der Waals surface area (Å²) in [6.07, 6.45) is -3.41. The van der Waals surface area contributed by atoms with Crippen molar-refractivity contribution in [2.75, 3.05) is 32.1 Å². The van der Waals surface area contributed by atoms with Crippen LogP contribution in [0.3, 0.4) is 0 Å². The van der Waals surface area contributed by atoms with Gasteiger partial charge in [0.25, 0.3) is 5.91 Å². The molecular weight excluding hydrogens is 349 g/mol. The third-order valence-electron chi connectivity index (χ3n) is 4.35. The summed E-state index contributed by atoms with van der Waals surface area (Å²) >= 11 is 0. The average Bonchev–Trinajstić information content (AvgIpc) is 3.12. The number of anilines is 1. The second-order valence-corrected chi connectivity index (χ2v) is 6.48. The molecular formula is C17H19F3N4O2. The zero-order chi connectivity index (χ0) is 18.9. The van der Waals surface area contributed by atoms with Crippen molar-refractivity contribution in [2.45, 2.75) is 24.9 Å². The van der Waals surface area contributed by atoms with Crippen LogP contribution in [0, 0.1) is 0 Å². The topological polar surface area (TPSA) is 62.5 Å². The molecule has 1 atom stereocenters. The maximum atomic E-state index is 12.8. The van der Waals surface area contributed by atoms with Gasteiger partial charge < -0.3 is 14.2 Å². The molecule has 1 aromatic carbocycles. The maximum absolute atomic E-state index is 12.8. The molecule has 9 heteroatoms. The van der Waals surface area contributed by atoms with Gasteiger partial charge in [-0.25, -0.2) is 0 Å². The third-order valence-corrected chi connectivity index (χ3v) is 4.35. The number of rotatable bonds is 3. The molecule has 0 saturated carbocycles. The second-order valence-electron chi connectivity index (χ2n) is 6.48. The van der Waals surface area contributed by atoms with Gasteiger partial charge in [-0.1, -0.05) is 6.07 Å². The summed E-state index contributed by atoms with van der Waals surface area (Å²) in [6, 6.07) is 7.22. The van der Waals surface area contributed by atoms with Gasteiger partial charge in [0.15, 0.2) is 0 Å². The molecule has 2 aromatic rings. The van der Waals surface area contributed by atoms with E-state index in [1.165, 1.54) is 0 Å². The van der Waals surface area contributed by atoms with E-state index < -0.39 is 18.0 Å². The molecule has 1 aliphatic heterocycles. The van der Waals surface area contributed by atoms with Crippen LogP contribution in [-0.2, 0) is 6.18 Å². The maximum Gasteiger partial charge on any atom is 0.470 e. The Morgan fingerprint density at radius 1 is 1.31 bits per heavy atom. The number of aromatic nitrogens is 2. The number of halogens is 3. The van der Waals surface area contributed by atoms with Crippen LogP contribution < -0.4 is 4.90 Å². The lowest BCUT2D eigenvalue weighted by Gasteiger charge is -2.31.